The van der Waals surface area contributed by atoms with Crippen LogP contribution in [0.4, 0.5) is 0 Å². The van der Waals surface area contributed by atoms with Gasteiger partial charge in [-0.05, 0) is 26.0 Å². The van der Waals surface area contributed by atoms with Crippen LogP contribution >= 0.6 is 0 Å². The van der Waals surface area contributed by atoms with E-state index in [1.165, 1.54) is 0 Å². The van der Waals surface area contributed by atoms with Crippen molar-refractivity contribution in [3.63, 3.8) is 0 Å². The smallest absolute Gasteiger partial charge is 0.152 e. The number of hydrogen-bond acceptors (Lipinski definition) is 4. The van der Waals surface area contributed by atoms with Crippen LogP contribution in [0.5, 0.6) is 0 Å². The first-order valence-electron chi connectivity index (χ1n) is 6.38. The minimum atomic E-state index is -0.0406. The topological polar surface area (TPSA) is 55.6 Å². The van der Waals surface area contributed by atoms with E-state index in [-0.39, 0.29) is 6.04 Å². The van der Waals surface area contributed by atoms with E-state index >= 15 is 0 Å². The fraction of sp³-hybridized carbons (Fsp3) is 0.462. The summed E-state index contributed by atoms with van der Waals surface area (Å²) in [6.45, 7) is 6.06. The van der Waals surface area contributed by atoms with Crippen molar-refractivity contribution in [3.8, 4) is 0 Å². The largest absolute Gasteiger partial charge is 0.334 e. The van der Waals surface area contributed by atoms with E-state index in [4.69, 9.17) is 0 Å². The lowest BCUT2D eigenvalue weighted by atomic mass is 10.2. The monoisotopic (exact) mass is 245 g/mol. The summed E-state index contributed by atoms with van der Waals surface area (Å²) in [6, 6.07) is 1.79. The molecule has 0 spiro atoms. The second-order valence-electron chi connectivity index (χ2n) is 4.07. The molecular weight excluding hydrogens is 226 g/mol. The van der Waals surface area contributed by atoms with Crippen molar-refractivity contribution in [1.82, 2.24) is 24.8 Å². The molecule has 1 N–H and O–H groups in total. The second-order valence-corrected chi connectivity index (χ2v) is 4.07. The molecular formula is C13H19N5. The molecule has 5 heteroatoms. The molecule has 0 aliphatic carbocycles. The molecule has 2 rings (SSSR count). The molecule has 2 aromatic heterocycles. The zero-order valence-corrected chi connectivity index (χ0v) is 10.9. The van der Waals surface area contributed by atoms with Gasteiger partial charge in [-0.3, -0.25) is 0 Å². The Balaban J connectivity index is 2.31. The van der Waals surface area contributed by atoms with Crippen LogP contribution in [0.15, 0.2) is 30.9 Å². The van der Waals surface area contributed by atoms with E-state index in [2.05, 4.69) is 38.7 Å². The maximum absolute atomic E-state index is 4.44. The third-order valence-electron chi connectivity index (χ3n) is 2.79. The van der Waals surface area contributed by atoms with Crippen molar-refractivity contribution < 1.29 is 0 Å². The molecule has 0 fully saturated rings. The van der Waals surface area contributed by atoms with E-state index in [1.54, 1.807) is 12.4 Å². The average Bonchev–Trinajstić information content (AvgIpc) is 2.89. The Morgan fingerprint density at radius 1 is 1.17 bits per heavy atom. The second kappa shape index (κ2) is 6.26. The van der Waals surface area contributed by atoms with Crippen molar-refractivity contribution >= 4 is 0 Å². The van der Waals surface area contributed by atoms with Crippen LogP contribution in [0, 0.1) is 0 Å². The summed E-state index contributed by atoms with van der Waals surface area (Å²) < 4.78 is 2.11. The zero-order valence-electron chi connectivity index (χ0n) is 10.9. The molecule has 5 nitrogen and oxygen atoms in total. The summed E-state index contributed by atoms with van der Waals surface area (Å²) in [5, 5.41) is 3.45. The SMILES string of the molecule is CCCNC(c1ncccn1)c1nccn1CC. The normalized spacial score (nSPS) is 12.6. The molecule has 2 aromatic rings. The van der Waals surface area contributed by atoms with Gasteiger partial charge in [-0.15, -0.1) is 0 Å². The summed E-state index contributed by atoms with van der Waals surface area (Å²) in [5.41, 5.74) is 0. The van der Waals surface area contributed by atoms with E-state index in [0.717, 1.165) is 31.2 Å². The molecule has 0 aliphatic heterocycles. The lowest BCUT2D eigenvalue weighted by Gasteiger charge is -2.17. The highest BCUT2D eigenvalue weighted by molar-refractivity contribution is 5.11. The molecule has 0 amide bonds. The Morgan fingerprint density at radius 3 is 2.61 bits per heavy atom. The van der Waals surface area contributed by atoms with E-state index < -0.39 is 0 Å². The van der Waals surface area contributed by atoms with Crippen molar-refractivity contribution in [1.29, 1.82) is 0 Å². The van der Waals surface area contributed by atoms with Gasteiger partial charge in [-0.25, -0.2) is 15.0 Å². The summed E-state index contributed by atoms with van der Waals surface area (Å²) >= 11 is 0. The third kappa shape index (κ3) is 2.73. The maximum atomic E-state index is 4.44. The molecule has 2 heterocycles. The van der Waals surface area contributed by atoms with Gasteiger partial charge in [0.25, 0.3) is 0 Å². The van der Waals surface area contributed by atoms with Gasteiger partial charge in [0, 0.05) is 31.3 Å². The number of nitrogens with zero attached hydrogens (tertiary/aromatic N) is 4. The molecule has 0 bridgehead atoms. The molecule has 0 aromatic carbocycles. The highest BCUT2D eigenvalue weighted by Crippen LogP contribution is 2.16. The van der Waals surface area contributed by atoms with Crippen LogP contribution < -0.4 is 5.32 Å². The molecule has 96 valence electrons. The van der Waals surface area contributed by atoms with Crippen LogP contribution in [0.1, 0.15) is 38.0 Å². The minimum Gasteiger partial charge on any atom is -0.334 e. The highest BCUT2D eigenvalue weighted by atomic mass is 15.1. The number of nitrogens with one attached hydrogen (secondary N) is 1. The number of aryl methyl sites for hydroxylation is 1. The quantitative estimate of drug-likeness (QED) is 0.843. The lowest BCUT2D eigenvalue weighted by molar-refractivity contribution is 0.520. The average molecular weight is 245 g/mol. The van der Waals surface area contributed by atoms with Gasteiger partial charge >= 0.3 is 0 Å². The van der Waals surface area contributed by atoms with E-state index in [9.17, 15) is 0 Å². The number of rotatable bonds is 6. The van der Waals surface area contributed by atoms with Crippen LogP contribution in [0.2, 0.25) is 0 Å². The lowest BCUT2D eigenvalue weighted by Crippen LogP contribution is -2.27. The van der Waals surface area contributed by atoms with Crippen LogP contribution in [0.25, 0.3) is 0 Å². The fourth-order valence-electron chi connectivity index (χ4n) is 1.89. The minimum absolute atomic E-state index is 0.0406. The first-order valence-corrected chi connectivity index (χ1v) is 6.38. The molecule has 0 aliphatic rings. The molecule has 1 unspecified atom stereocenters. The van der Waals surface area contributed by atoms with Gasteiger partial charge in [0.15, 0.2) is 5.82 Å². The summed E-state index contributed by atoms with van der Waals surface area (Å²) in [5.74, 6) is 1.74. The number of aromatic nitrogens is 4. The first kappa shape index (κ1) is 12.7. The molecule has 0 radical (unpaired) electrons. The highest BCUT2D eigenvalue weighted by Gasteiger charge is 2.20. The molecule has 0 saturated heterocycles. The predicted octanol–water partition coefficient (Wildman–Crippen LogP) is 1.78. The van der Waals surface area contributed by atoms with Crippen LogP contribution in [0.3, 0.4) is 0 Å². The Kier molecular flexibility index (Phi) is 4.41. The first-order chi connectivity index (χ1) is 8.86. The van der Waals surface area contributed by atoms with Gasteiger partial charge < -0.3 is 9.88 Å². The summed E-state index contributed by atoms with van der Waals surface area (Å²) in [4.78, 5) is 13.1. The Morgan fingerprint density at radius 2 is 1.94 bits per heavy atom. The Bertz CT molecular complexity index is 465. The van der Waals surface area contributed by atoms with Crippen LogP contribution in [-0.4, -0.2) is 26.1 Å². The summed E-state index contributed by atoms with van der Waals surface area (Å²) in [7, 11) is 0. The van der Waals surface area contributed by atoms with E-state index in [0.29, 0.717) is 0 Å². The fourth-order valence-corrected chi connectivity index (χ4v) is 1.89. The molecule has 1 atom stereocenters. The van der Waals surface area contributed by atoms with Gasteiger partial charge in [0.2, 0.25) is 0 Å². The zero-order chi connectivity index (χ0) is 12.8. The van der Waals surface area contributed by atoms with Gasteiger partial charge in [0.05, 0.1) is 0 Å². The van der Waals surface area contributed by atoms with Crippen molar-refractivity contribution in [2.75, 3.05) is 6.54 Å². The van der Waals surface area contributed by atoms with Crippen LogP contribution in [-0.2, 0) is 6.54 Å². The van der Waals surface area contributed by atoms with Gasteiger partial charge in [-0.2, -0.15) is 0 Å². The molecule has 18 heavy (non-hydrogen) atoms. The van der Waals surface area contributed by atoms with Crippen molar-refractivity contribution in [2.45, 2.75) is 32.9 Å². The van der Waals surface area contributed by atoms with Gasteiger partial charge in [0.1, 0.15) is 11.9 Å². The Labute approximate surface area is 107 Å². The maximum Gasteiger partial charge on any atom is 0.152 e. The predicted molar refractivity (Wildman–Crippen MR) is 70.1 cm³/mol. The number of imidazole rings is 1. The van der Waals surface area contributed by atoms with Gasteiger partial charge in [-0.1, -0.05) is 6.92 Å². The molecule has 0 saturated carbocycles. The van der Waals surface area contributed by atoms with Crippen molar-refractivity contribution in [3.05, 3.63) is 42.5 Å². The van der Waals surface area contributed by atoms with Crippen molar-refractivity contribution in [2.24, 2.45) is 0 Å². The summed E-state index contributed by atoms with van der Waals surface area (Å²) in [6.07, 6.45) is 8.40. The standard InChI is InChI=1S/C13H19N5/c1-3-6-14-11(12-15-7-5-8-16-12)13-17-9-10-18(13)4-2/h5,7-11,14H,3-4,6H2,1-2H3. The third-order valence-corrected chi connectivity index (χ3v) is 2.79. The van der Waals surface area contributed by atoms with E-state index in [1.807, 2.05) is 18.5 Å². The number of hydrogen-bond donors (Lipinski definition) is 1. The Hall–Kier alpha value is -1.75.